The summed E-state index contributed by atoms with van der Waals surface area (Å²) in [5.41, 5.74) is 4.80. The molecule has 0 bridgehead atoms. The molecule has 1 amide bonds. The Kier molecular flexibility index (Phi) is 5.51. The number of hydrogen-bond acceptors (Lipinski definition) is 3. The number of imidazole rings is 1. The Hall–Kier alpha value is -2.18. The Bertz CT molecular complexity index is 991. The van der Waals surface area contributed by atoms with Gasteiger partial charge in [-0.25, -0.2) is 4.98 Å². The van der Waals surface area contributed by atoms with E-state index in [-0.39, 0.29) is 5.91 Å². The van der Waals surface area contributed by atoms with Crippen molar-refractivity contribution < 1.29 is 4.79 Å². The second kappa shape index (κ2) is 8.05. The van der Waals surface area contributed by atoms with Crippen molar-refractivity contribution in [3.63, 3.8) is 0 Å². The lowest BCUT2D eigenvalue weighted by atomic mass is 10.2. The summed E-state index contributed by atoms with van der Waals surface area (Å²) >= 11 is 3.59. The number of amides is 1. The van der Waals surface area contributed by atoms with E-state index in [1.807, 2.05) is 34.6 Å². The van der Waals surface area contributed by atoms with Crippen LogP contribution in [0.2, 0.25) is 0 Å². The van der Waals surface area contributed by atoms with Gasteiger partial charge in [-0.15, -0.1) is 0 Å². The van der Waals surface area contributed by atoms with Gasteiger partial charge in [0.15, 0.2) is 5.65 Å². The SMILES string of the molecule is CCc1nc2c(Br)cc(C)cn2c1C(=O)N1CCN(Cc2ccccc2)CC1. The molecule has 0 atom stereocenters. The summed E-state index contributed by atoms with van der Waals surface area (Å²) in [7, 11) is 0. The maximum atomic E-state index is 13.4. The molecule has 1 aromatic carbocycles. The number of halogens is 1. The van der Waals surface area contributed by atoms with Crippen molar-refractivity contribution in [2.24, 2.45) is 0 Å². The normalized spacial score (nSPS) is 15.3. The highest BCUT2D eigenvalue weighted by Crippen LogP contribution is 2.24. The minimum absolute atomic E-state index is 0.0845. The largest absolute Gasteiger partial charge is 0.335 e. The molecule has 2 aromatic heterocycles. The van der Waals surface area contributed by atoms with Gasteiger partial charge in [0, 0.05) is 38.9 Å². The van der Waals surface area contributed by atoms with Crippen molar-refractivity contribution in [1.29, 1.82) is 0 Å². The van der Waals surface area contributed by atoms with Crippen LogP contribution < -0.4 is 0 Å². The van der Waals surface area contributed by atoms with Gasteiger partial charge >= 0.3 is 0 Å². The summed E-state index contributed by atoms with van der Waals surface area (Å²) in [4.78, 5) is 22.5. The molecule has 0 saturated carbocycles. The van der Waals surface area contributed by atoms with E-state index < -0.39 is 0 Å². The zero-order chi connectivity index (χ0) is 19.7. The summed E-state index contributed by atoms with van der Waals surface area (Å²) in [6.45, 7) is 8.29. The van der Waals surface area contributed by atoms with Crippen molar-refractivity contribution in [2.45, 2.75) is 26.8 Å². The maximum Gasteiger partial charge on any atom is 0.272 e. The molecule has 3 aromatic rings. The number of pyridine rings is 1. The fourth-order valence-electron chi connectivity index (χ4n) is 3.85. The predicted molar refractivity (Wildman–Crippen MR) is 115 cm³/mol. The number of fused-ring (bicyclic) bond motifs is 1. The number of nitrogens with zero attached hydrogens (tertiary/aromatic N) is 4. The second-order valence-electron chi connectivity index (χ2n) is 7.37. The molecule has 1 fully saturated rings. The van der Waals surface area contributed by atoms with E-state index in [2.05, 4.69) is 52.0 Å². The highest BCUT2D eigenvalue weighted by Gasteiger charge is 2.27. The molecule has 1 aliphatic heterocycles. The number of carbonyl (C=O) groups excluding carboxylic acids is 1. The molecule has 0 radical (unpaired) electrons. The van der Waals surface area contributed by atoms with Crippen LogP contribution in [0.25, 0.3) is 5.65 Å². The lowest BCUT2D eigenvalue weighted by Gasteiger charge is -2.34. The molecule has 1 saturated heterocycles. The van der Waals surface area contributed by atoms with Crippen LogP contribution >= 0.6 is 15.9 Å². The third kappa shape index (κ3) is 3.71. The molecule has 28 heavy (non-hydrogen) atoms. The van der Waals surface area contributed by atoms with E-state index >= 15 is 0 Å². The lowest BCUT2D eigenvalue weighted by Crippen LogP contribution is -2.48. The van der Waals surface area contributed by atoms with Crippen LogP contribution in [0.4, 0.5) is 0 Å². The molecule has 4 rings (SSSR count). The first-order chi connectivity index (χ1) is 13.6. The second-order valence-corrected chi connectivity index (χ2v) is 8.23. The van der Waals surface area contributed by atoms with Gasteiger partial charge in [0.2, 0.25) is 0 Å². The van der Waals surface area contributed by atoms with Gasteiger partial charge in [0.1, 0.15) is 5.69 Å². The Morgan fingerprint density at radius 2 is 1.86 bits per heavy atom. The fraction of sp³-hybridized carbons (Fsp3) is 0.364. The molecule has 0 spiro atoms. The Balaban J connectivity index is 1.53. The van der Waals surface area contributed by atoms with Gasteiger partial charge in [-0.1, -0.05) is 37.3 Å². The standard InChI is InChI=1S/C22H25BrN4O/c1-3-19-20(27-14-16(2)13-18(23)21(27)24-19)22(28)26-11-9-25(10-12-26)15-17-7-5-4-6-8-17/h4-8,13-14H,3,9-12,15H2,1-2H3. The number of aryl methyl sites for hydroxylation is 2. The van der Waals surface area contributed by atoms with Gasteiger partial charge in [0.05, 0.1) is 10.2 Å². The van der Waals surface area contributed by atoms with Crippen molar-refractivity contribution in [3.05, 3.63) is 69.6 Å². The number of benzene rings is 1. The first kappa shape index (κ1) is 19.2. The zero-order valence-corrected chi connectivity index (χ0v) is 17.9. The number of rotatable bonds is 4. The van der Waals surface area contributed by atoms with Crippen LogP contribution in [0.1, 0.15) is 34.2 Å². The summed E-state index contributed by atoms with van der Waals surface area (Å²) in [6.07, 6.45) is 2.74. The van der Waals surface area contributed by atoms with E-state index in [9.17, 15) is 4.79 Å². The van der Waals surface area contributed by atoms with Crippen LogP contribution in [0.5, 0.6) is 0 Å². The number of aromatic nitrogens is 2. The van der Waals surface area contributed by atoms with E-state index in [1.165, 1.54) is 5.56 Å². The highest BCUT2D eigenvalue weighted by molar-refractivity contribution is 9.10. The molecular formula is C22H25BrN4O. The van der Waals surface area contributed by atoms with Crippen molar-refractivity contribution in [2.75, 3.05) is 26.2 Å². The lowest BCUT2D eigenvalue weighted by molar-refractivity contribution is 0.0620. The van der Waals surface area contributed by atoms with Crippen LogP contribution in [-0.2, 0) is 13.0 Å². The molecule has 0 unspecified atom stereocenters. The van der Waals surface area contributed by atoms with Gasteiger partial charge in [-0.2, -0.15) is 0 Å². The summed E-state index contributed by atoms with van der Waals surface area (Å²) in [5.74, 6) is 0.0845. The van der Waals surface area contributed by atoms with Crippen LogP contribution in [-0.4, -0.2) is 51.3 Å². The molecule has 146 valence electrons. The first-order valence-corrected chi connectivity index (χ1v) is 10.6. The Labute approximate surface area is 174 Å². The molecule has 0 aliphatic carbocycles. The maximum absolute atomic E-state index is 13.4. The molecule has 0 N–H and O–H groups in total. The van der Waals surface area contributed by atoms with Gasteiger partial charge in [-0.3, -0.25) is 14.1 Å². The molecular weight excluding hydrogens is 416 g/mol. The summed E-state index contributed by atoms with van der Waals surface area (Å²) in [5, 5.41) is 0. The highest BCUT2D eigenvalue weighted by atomic mass is 79.9. The topological polar surface area (TPSA) is 40.9 Å². The molecule has 6 heteroatoms. The number of carbonyl (C=O) groups is 1. The Morgan fingerprint density at radius 3 is 2.54 bits per heavy atom. The van der Waals surface area contributed by atoms with Gasteiger partial charge in [0.25, 0.3) is 5.91 Å². The number of piperazine rings is 1. The number of hydrogen-bond donors (Lipinski definition) is 0. The van der Waals surface area contributed by atoms with Crippen molar-refractivity contribution in [3.8, 4) is 0 Å². The van der Waals surface area contributed by atoms with E-state index in [0.29, 0.717) is 5.69 Å². The predicted octanol–water partition coefficient (Wildman–Crippen LogP) is 3.93. The van der Waals surface area contributed by atoms with Gasteiger partial charge < -0.3 is 4.90 Å². The quantitative estimate of drug-likeness (QED) is 0.616. The average Bonchev–Trinajstić information content (AvgIpc) is 3.07. The third-order valence-corrected chi connectivity index (χ3v) is 5.91. The van der Waals surface area contributed by atoms with Crippen LogP contribution in [0.15, 0.2) is 47.1 Å². The summed E-state index contributed by atoms with van der Waals surface area (Å²) < 4.78 is 2.88. The van der Waals surface area contributed by atoms with Crippen LogP contribution in [0, 0.1) is 6.92 Å². The molecule has 5 nitrogen and oxygen atoms in total. The summed E-state index contributed by atoms with van der Waals surface area (Å²) in [6, 6.07) is 12.5. The zero-order valence-electron chi connectivity index (χ0n) is 16.4. The van der Waals surface area contributed by atoms with E-state index in [4.69, 9.17) is 4.98 Å². The fourth-order valence-corrected chi connectivity index (χ4v) is 4.49. The van der Waals surface area contributed by atoms with E-state index in [0.717, 1.165) is 60.5 Å². The molecule has 1 aliphatic rings. The first-order valence-electron chi connectivity index (χ1n) is 9.79. The molecule has 3 heterocycles. The smallest absolute Gasteiger partial charge is 0.272 e. The average molecular weight is 441 g/mol. The monoisotopic (exact) mass is 440 g/mol. The van der Waals surface area contributed by atoms with Crippen LogP contribution in [0.3, 0.4) is 0 Å². The minimum Gasteiger partial charge on any atom is -0.335 e. The van der Waals surface area contributed by atoms with Gasteiger partial charge in [-0.05, 0) is 46.5 Å². The Morgan fingerprint density at radius 1 is 1.14 bits per heavy atom. The minimum atomic E-state index is 0.0845. The van der Waals surface area contributed by atoms with E-state index in [1.54, 1.807) is 0 Å². The van der Waals surface area contributed by atoms with Crippen molar-refractivity contribution in [1.82, 2.24) is 19.2 Å². The third-order valence-electron chi connectivity index (χ3n) is 5.33. The van der Waals surface area contributed by atoms with Crippen molar-refractivity contribution >= 4 is 27.5 Å².